The van der Waals surface area contributed by atoms with Crippen molar-refractivity contribution < 1.29 is 9.31 Å². The van der Waals surface area contributed by atoms with Crippen LogP contribution in [0.3, 0.4) is 0 Å². The molecule has 0 fully saturated rings. The van der Waals surface area contributed by atoms with Crippen LogP contribution < -0.4 is 0 Å². The molecule has 0 spiro atoms. The number of nitrogens with zero attached hydrogens (tertiary/aromatic N) is 1. The van der Waals surface area contributed by atoms with Crippen molar-refractivity contribution in [1.82, 2.24) is 0 Å². The molecule has 0 aromatic heterocycles. The molecule has 82 valence electrons. The van der Waals surface area contributed by atoms with Crippen LogP contribution in [0.2, 0.25) is 5.02 Å². The van der Waals surface area contributed by atoms with Crippen molar-refractivity contribution >= 4 is 52.1 Å². The first-order chi connectivity index (χ1) is 6.73. The van der Waals surface area contributed by atoms with Gasteiger partial charge in [0.05, 0.1) is 9.95 Å². The largest absolute Gasteiger partial charge is 0.306 e. The van der Waals surface area contributed by atoms with E-state index in [9.17, 15) is 14.5 Å². The van der Waals surface area contributed by atoms with Crippen molar-refractivity contribution in [2.75, 3.05) is 0 Å². The minimum atomic E-state index is -1.92. The average molecular weight is 293 g/mol. The maximum Gasteiger partial charge on any atom is 0.306 e. The molecular weight excluding hydrogens is 291 g/mol. The highest BCUT2D eigenvalue weighted by atomic mass is 35.6. The summed E-state index contributed by atoms with van der Waals surface area (Å²) in [6, 6.07) is 1.53. The Labute approximate surface area is 104 Å². The van der Waals surface area contributed by atoms with Gasteiger partial charge in [-0.1, -0.05) is 46.4 Å². The first-order valence-electron chi connectivity index (χ1n) is 3.44. The number of alkyl halides is 3. The fourth-order valence-corrected chi connectivity index (χ4v) is 1.81. The van der Waals surface area contributed by atoms with Crippen LogP contribution in [0, 0.1) is 15.9 Å². The fraction of sp³-hybridized carbons (Fsp3) is 0.143. The molecule has 1 aromatic carbocycles. The van der Waals surface area contributed by atoms with E-state index >= 15 is 0 Å². The van der Waals surface area contributed by atoms with Gasteiger partial charge in [-0.2, -0.15) is 4.39 Å². The van der Waals surface area contributed by atoms with Gasteiger partial charge in [0.1, 0.15) is 0 Å². The molecule has 0 bridgehead atoms. The molecule has 0 aliphatic heterocycles. The number of hydrogen-bond donors (Lipinski definition) is 0. The van der Waals surface area contributed by atoms with Crippen molar-refractivity contribution in [2.45, 2.75) is 3.79 Å². The van der Waals surface area contributed by atoms with Crippen molar-refractivity contribution in [2.24, 2.45) is 0 Å². The van der Waals surface area contributed by atoms with Crippen molar-refractivity contribution in [3.63, 3.8) is 0 Å². The Morgan fingerprint density at radius 2 is 1.87 bits per heavy atom. The number of hydrogen-bond acceptors (Lipinski definition) is 2. The lowest BCUT2D eigenvalue weighted by Crippen LogP contribution is -2.03. The van der Waals surface area contributed by atoms with Crippen molar-refractivity contribution in [1.29, 1.82) is 0 Å². The van der Waals surface area contributed by atoms with E-state index in [2.05, 4.69) is 0 Å². The lowest BCUT2D eigenvalue weighted by Gasteiger charge is -2.12. The second-order valence-electron chi connectivity index (χ2n) is 2.54. The summed E-state index contributed by atoms with van der Waals surface area (Å²) in [5.41, 5.74) is -0.907. The van der Waals surface area contributed by atoms with Crippen molar-refractivity contribution in [3.05, 3.63) is 38.7 Å². The van der Waals surface area contributed by atoms with Crippen LogP contribution in [0.4, 0.5) is 10.1 Å². The Morgan fingerprint density at radius 1 is 1.33 bits per heavy atom. The third kappa shape index (κ3) is 2.84. The highest BCUT2D eigenvalue weighted by Gasteiger charge is 2.29. The van der Waals surface area contributed by atoms with Crippen LogP contribution >= 0.6 is 46.4 Å². The molecule has 0 amide bonds. The van der Waals surface area contributed by atoms with Gasteiger partial charge in [-0.25, -0.2) is 0 Å². The SMILES string of the molecule is O=[N+]([O-])c1cc(Cl)c(C(Cl)(Cl)Cl)cc1F. The van der Waals surface area contributed by atoms with Crippen LogP contribution in [0.15, 0.2) is 12.1 Å². The predicted octanol–water partition coefficient (Wildman–Crippen LogP) is 4.21. The van der Waals surface area contributed by atoms with Gasteiger partial charge in [0.25, 0.3) is 0 Å². The van der Waals surface area contributed by atoms with E-state index in [0.717, 1.165) is 12.1 Å². The molecule has 0 aliphatic rings. The average Bonchev–Trinajstić information content (AvgIpc) is 2.06. The summed E-state index contributed by atoms with van der Waals surface area (Å²) < 4.78 is 11.2. The third-order valence-corrected chi connectivity index (χ3v) is 2.46. The van der Waals surface area contributed by atoms with E-state index in [1.54, 1.807) is 0 Å². The number of nitro benzene ring substituents is 1. The van der Waals surface area contributed by atoms with E-state index < -0.39 is 20.2 Å². The van der Waals surface area contributed by atoms with E-state index in [-0.39, 0.29) is 10.6 Å². The zero-order valence-electron chi connectivity index (χ0n) is 6.81. The smallest absolute Gasteiger partial charge is 0.258 e. The highest BCUT2D eigenvalue weighted by Crippen LogP contribution is 2.43. The molecule has 15 heavy (non-hydrogen) atoms. The van der Waals surface area contributed by atoms with E-state index in [1.165, 1.54) is 0 Å². The zero-order valence-corrected chi connectivity index (χ0v) is 9.83. The summed E-state index contributed by atoms with van der Waals surface area (Å²) in [4.78, 5) is 9.43. The quantitative estimate of drug-likeness (QED) is 0.442. The minimum absolute atomic E-state index is 0.141. The van der Waals surface area contributed by atoms with Gasteiger partial charge in [0, 0.05) is 11.6 Å². The Kier molecular flexibility index (Phi) is 3.66. The molecule has 0 heterocycles. The van der Waals surface area contributed by atoms with E-state index in [0.29, 0.717) is 0 Å². The molecule has 0 saturated carbocycles. The summed E-state index contributed by atoms with van der Waals surface area (Å²) in [6.07, 6.45) is 0. The first-order valence-corrected chi connectivity index (χ1v) is 4.95. The third-order valence-electron chi connectivity index (χ3n) is 1.54. The zero-order chi connectivity index (χ0) is 11.8. The predicted molar refractivity (Wildman–Crippen MR) is 57.3 cm³/mol. The van der Waals surface area contributed by atoms with Gasteiger partial charge < -0.3 is 0 Å². The molecular formula is C7H2Cl4FNO2. The van der Waals surface area contributed by atoms with Gasteiger partial charge in [0.2, 0.25) is 9.61 Å². The van der Waals surface area contributed by atoms with Crippen LogP contribution in [0.1, 0.15) is 5.56 Å². The highest BCUT2D eigenvalue weighted by molar-refractivity contribution is 6.67. The number of rotatable bonds is 1. The number of benzene rings is 1. The normalized spacial score (nSPS) is 11.5. The first kappa shape index (κ1) is 12.8. The molecule has 3 nitrogen and oxygen atoms in total. The van der Waals surface area contributed by atoms with Crippen molar-refractivity contribution in [3.8, 4) is 0 Å². The van der Waals surface area contributed by atoms with Crippen LogP contribution in [-0.4, -0.2) is 4.92 Å². The molecule has 8 heteroatoms. The second-order valence-corrected chi connectivity index (χ2v) is 5.23. The topological polar surface area (TPSA) is 43.1 Å². The summed E-state index contributed by atoms with van der Waals surface area (Å²) in [5, 5.41) is 10.2. The molecule has 0 saturated heterocycles. The number of halogens is 5. The number of nitro groups is 1. The van der Waals surface area contributed by atoms with Gasteiger partial charge >= 0.3 is 5.69 Å². The molecule has 1 aromatic rings. The fourth-order valence-electron chi connectivity index (χ4n) is 0.893. The lowest BCUT2D eigenvalue weighted by molar-refractivity contribution is -0.387. The Balaban J connectivity index is 3.39. The summed E-state index contributed by atoms with van der Waals surface area (Å²) in [7, 11) is 0. The van der Waals surface area contributed by atoms with Gasteiger partial charge in [-0.3, -0.25) is 10.1 Å². The Morgan fingerprint density at radius 3 is 2.27 bits per heavy atom. The van der Waals surface area contributed by atoms with E-state index in [1.807, 2.05) is 0 Å². The maximum atomic E-state index is 13.1. The molecule has 0 radical (unpaired) electrons. The second kappa shape index (κ2) is 4.29. The summed E-state index contributed by atoms with van der Waals surface area (Å²) in [5.74, 6) is -1.11. The van der Waals surface area contributed by atoms with Crippen LogP contribution in [0.25, 0.3) is 0 Å². The molecule has 0 unspecified atom stereocenters. The Bertz CT molecular complexity index is 418. The standard InChI is InChI=1S/C7H2Cl4FNO2/c8-4-2-6(13(14)15)5(12)1-3(4)7(9,10)11/h1-2H. The molecule has 1 rings (SSSR count). The summed E-state index contributed by atoms with van der Waals surface area (Å²) >= 11 is 22.0. The molecule has 0 N–H and O–H groups in total. The molecule has 0 aliphatic carbocycles. The van der Waals surface area contributed by atoms with E-state index in [4.69, 9.17) is 46.4 Å². The maximum absolute atomic E-state index is 13.1. The summed E-state index contributed by atoms with van der Waals surface area (Å²) in [6.45, 7) is 0. The van der Waals surface area contributed by atoms with Crippen LogP contribution in [-0.2, 0) is 3.79 Å². The molecule has 0 atom stereocenters. The Hall–Kier alpha value is -0.290. The van der Waals surface area contributed by atoms with Gasteiger partial charge in [-0.15, -0.1) is 0 Å². The van der Waals surface area contributed by atoms with Gasteiger partial charge in [-0.05, 0) is 6.07 Å². The monoisotopic (exact) mass is 291 g/mol. The minimum Gasteiger partial charge on any atom is -0.258 e. The van der Waals surface area contributed by atoms with Gasteiger partial charge in [0.15, 0.2) is 0 Å². The van der Waals surface area contributed by atoms with Crippen LogP contribution in [0.5, 0.6) is 0 Å². The lowest BCUT2D eigenvalue weighted by atomic mass is 10.2.